The van der Waals surface area contributed by atoms with Crippen LogP contribution in [0.1, 0.15) is 24.9 Å². The highest BCUT2D eigenvalue weighted by Crippen LogP contribution is 2.22. The van der Waals surface area contributed by atoms with E-state index in [2.05, 4.69) is 26.6 Å². The zero-order valence-corrected chi connectivity index (χ0v) is 13.8. The van der Waals surface area contributed by atoms with Crippen molar-refractivity contribution < 1.29 is 9.53 Å². The molecule has 2 atom stereocenters. The van der Waals surface area contributed by atoms with Crippen LogP contribution in [0, 0.1) is 0 Å². The van der Waals surface area contributed by atoms with Crippen molar-refractivity contribution in [1.29, 1.82) is 0 Å². The monoisotopic (exact) mass is 362 g/mol. The lowest BCUT2D eigenvalue weighted by atomic mass is 10.1. The third kappa shape index (κ3) is 5.05. The highest BCUT2D eigenvalue weighted by Gasteiger charge is 2.18. The highest BCUT2D eigenvalue weighted by atomic mass is 79.9. The largest absolute Gasteiger partial charge is 0.378 e. The Morgan fingerprint density at radius 3 is 2.95 bits per heavy atom. The van der Waals surface area contributed by atoms with Crippen LogP contribution >= 0.6 is 28.3 Å². The second-order valence-corrected chi connectivity index (χ2v) is 5.60. The number of hydrogen-bond donors (Lipinski definition) is 2. The summed E-state index contributed by atoms with van der Waals surface area (Å²) in [5.74, 6) is 0.0475. The van der Waals surface area contributed by atoms with E-state index in [-0.39, 0.29) is 30.4 Å². The molecule has 0 spiro atoms. The molecule has 4 nitrogen and oxygen atoms in total. The number of ether oxygens (including phenoxy) is 1. The Hall–Kier alpha value is -0.620. The predicted octanol–water partition coefficient (Wildman–Crippen LogP) is 2.43. The maximum Gasteiger partial charge on any atom is 0.222 e. The molecular formula is C14H20BrClN2O2. The fourth-order valence-electron chi connectivity index (χ4n) is 2.18. The van der Waals surface area contributed by atoms with Gasteiger partial charge in [-0.2, -0.15) is 0 Å². The first-order valence-corrected chi connectivity index (χ1v) is 7.31. The van der Waals surface area contributed by atoms with Gasteiger partial charge in [-0.1, -0.05) is 34.1 Å². The van der Waals surface area contributed by atoms with E-state index in [1.54, 1.807) is 0 Å². The molecule has 0 saturated carbocycles. The highest BCUT2D eigenvalue weighted by molar-refractivity contribution is 9.10. The van der Waals surface area contributed by atoms with Gasteiger partial charge in [-0.3, -0.25) is 4.79 Å². The Bertz CT molecular complexity index is 439. The molecule has 6 heteroatoms. The molecule has 0 radical (unpaired) electrons. The van der Waals surface area contributed by atoms with Crippen LogP contribution in [0.2, 0.25) is 0 Å². The molecule has 1 aliphatic rings. The molecule has 1 aliphatic heterocycles. The average Bonchev–Trinajstić information content (AvgIpc) is 2.40. The molecule has 1 aromatic carbocycles. The maximum atomic E-state index is 12.0. The summed E-state index contributed by atoms with van der Waals surface area (Å²) >= 11 is 3.50. The van der Waals surface area contributed by atoms with E-state index in [1.807, 2.05) is 31.2 Å². The Balaban J connectivity index is 0.00000200. The van der Waals surface area contributed by atoms with Crippen molar-refractivity contribution in [2.75, 3.05) is 19.8 Å². The fraction of sp³-hybridized carbons (Fsp3) is 0.500. The summed E-state index contributed by atoms with van der Waals surface area (Å²) < 4.78 is 6.36. The molecule has 2 rings (SSSR count). The maximum absolute atomic E-state index is 12.0. The normalized spacial score (nSPS) is 19.8. The molecule has 2 unspecified atom stereocenters. The number of amides is 1. The number of nitrogens with one attached hydrogen (secondary N) is 2. The summed E-state index contributed by atoms with van der Waals surface area (Å²) in [6, 6.07) is 8.05. The third-order valence-electron chi connectivity index (χ3n) is 3.18. The van der Waals surface area contributed by atoms with E-state index in [4.69, 9.17) is 4.74 Å². The van der Waals surface area contributed by atoms with Crippen LogP contribution in [0.4, 0.5) is 0 Å². The number of benzene rings is 1. The van der Waals surface area contributed by atoms with Crippen LogP contribution in [0.3, 0.4) is 0 Å². The van der Waals surface area contributed by atoms with Crippen LogP contribution in [0.25, 0.3) is 0 Å². The molecule has 20 heavy (non-hydrogen) atoms. The van der Waals surface area contributed by atoms with Crippen LogP contribution in [-0.2, 0) is 9.53 Å². The SMILES string of the molecule is CC(NC(=O)CC1COCCN1)c1ccccc1Br.Cl. The van der Waals surface area contributed by atoms with Crippen LogP contribution in [0.15, 0.2) is 28.7 Å². The Morgan fingerprint density at radius 2 is 2.30 bits per heavy atom. The predicted molar refractivity (Wildman–Crippen MR) is 85.2 cm³/mol. The van der Waals surface area contributed by atoms with Gasteiger partial charge < -0.3 is 15.4 Å². The Labute approximate surface area is 134 Å². The van der Waals surface area contributed by atoms with E-state index in [9.17, 15) is 4.79 Å². The lowest BCUT2D eigenvalue weighted by molar-refractivity contribution is -0.122. The van der Waals surface area contributed by atoms with E-state index < -0.39 is 0 Å². The molecule has 1 amide bonds. The molecule has 0 aromatic heterocycles. The van der Waals surface area contributed by atoms with Gasteiger partial charge in [0.25, 0.3) is 0 Å². The minimum atomic E-state index is -0.00687. The van der Waals surface area contributed by atoms with Gasteiger partial charge in [0.1, 0.15) is 0 Å². The van der Waals surface area contributed by atoms with Crippen LogP contribution < -0.4 is 10.6 Å². The van der Waals surface area contributed by atoms with Gasteiger partial charge in [0.15, 0.2) is 0 Å². The molecule has 1 fully saturated rings. The van der Waals surface area contributed by atoms with Gasteiger partial charge >= 0.3 is 0 Å². The zero-order chi connectivity index (χ0) is 13.7. The van der Waals surface area contributed by atoms with Crippen molar-refractivity contribution in [3.8, 4) is 0 Å². The lowest BCUT2D eigenvalue weighted by Crippen LogP contribution is -2.44. The van der Waals surface area contributed by atoms with Crippen LogP contribution in [0.5, 0.6) is 0 Å². The van der Waals surface area contributed by atoms with Crippen molar-refractivity contribution in [2.24, 2.45) is 0 Å². The van der Waals surface area contributed by atoms with E-state index in [1.165, 1.54) is 0 Å². The summed E-state index contributed by atoms with van der Waals surface area (Å²) in [4.78, 5) is 12.0. The van der Waals surface area contributed by atoms with Crippen molar-refractivity contribution in [3.05, 3.63) is 34.3 Å². The summed E-state index contributed by atoms with van der Waals surface area (Å²) in [5.41, 5.74) is 1.09. The molecule has 1 heterocycles. The molecule has 1 aromatic rings. The number of carbonyl (C=O) groups excluding carboxylic acids is 1. The first-order chi connectivity index (χ1) is 9.16. The van der Waals surface area contributed by atoms with E-state index in [0.717, 1.165) is 23.2 Å². The van der Waals surface area contributed by atoms with Gasteiger partial charge in [-0.15, -0.1) is 12.4 Å². The summed E-state index contributed by atoms with van der Waals surface area (Å²) in [7, 11) is 0. The van der Waals surface area contributed by atoms with Gasteiger partial charge in [0.2, 0.25) is 5.91 Å². The lowest BCUT2D eigenvalue weighted by Gasteiger charge is -2.24. The van der Waals surface area contributed by atoms with Gasteiger partial charge in [0, 0.05) is 23.5 Å². The second-order valence-electron chi connectivity index (χ2n) is 4.74. The van der Waals surface area contributed by atoms with Crippen molar-refractivity contribution in [3.63, 3.8) is 0 Å². The molecular weight excluding hydrogens is 344 g/mol. The van der Waals surface area contributed by atoms with Crippen LogP contribution in [-0.4, -0.2) is 31.7 Å². The van der Waals surface area contributed by atoms with Gasteiger partial charge in [-0.25, -0.2) is 0 Å². The smallest absolute Gasteiger partial charge is 0.222 e. The van der Waals surface area contributed by atoms with Crippen molar-refractivity contribution >= 4 is 34.2 Å². The number of hydrogen-bond acceptors (Lipinski definition) is 3. The molecule has 0 bridgehead atoms. The van der Waals surface area contributed by atoms with E-state index >= 15 is 0 Å². The molecule has 1 saturated heterocycles. The fourth-order valence-corrected chi connectivity index (χ4v) is 2.81. The van der Waals surface area contributed by atoms with Gasteiger partial charge in [-0.05, 0) is 18.6 Å². The number of halogens is 2. The summed E-state index contributed by atoms with van der Waals surface area (Å²) in [6.45, 7) is 4.14. The standard InChI is InChI=1S/C14H19BrN2O2.ClH/c1-10(12-4-2-3-5-13(12)15)17-14(18)8-11-9-19-7-6-16-11;/h2-5,10-11,16H,6-9H2,1H3,(H,17,18);1H. The topological polar surface area (TPSA) is 50.4 Å². The average molecular weight is 364 g/mol. The Kier molecular flexibility index (Phi) is 7.51. The minimum Gasteiger partial charge on any atom is -0.378 e. The minimum absolute atomic E-state index is 0. The first-order valence-electron chi connectivity index (χ1n) is 6.51. The second kappa shape index (κ2) is 8.62. The number of rotatable bonds is 4. The van der Waals surface area contributed by atoms with Crippen molar-refractivity contribution in [1.82, 2.24) is 10.6 Å². The first kappa shape index (κ1) is 17.4. The zero-order valence-electron chi connectivity index (χ0n) is 11.4. The number of carbonyl (C=O) groups is 1. The number of morpholine rings is 1. The summed E-state index contributed by atoms with van der Waals surface area (Å²) in [6.07, 6.45) is 0.453. The summed E-state index contributed by atoms with van der Waals surface area (Å²) in [5, 5.41) is 6.30. The van der Waals surface area contributed by atoms with E-state index in [0.29, 0.717) is 13.0 Å². The molecule has 0 aliphatic carbocycles. The van der Waals surface area contributed by atoms with Crippen molar-refractivity contribution in [2.45, 2.75) is 25.4 Å². The molecule has 2 N–H and O–H groups in total. The van der Waals surface area contributed by atoms with Gasteiger partial charge in [0.05, 0.1) is 19.3 Å². The molecule has 112 valence electrons. The Morgan fingerprint density at radius 1 is 1.55 bits per heavy atom. The third-order valence-corrected chi connectivity index (χ3v) is 3.90. The quantitative estimate of drug-likeness (QED) is 0.864.